The van der Waals surface area contributed by atoms with Crippen molar-refractivity contribution in [3.63, 3.8) is 0 Å². The van der Waals surface area contributed by atoms with E-state index in [0.29, 0.717) is 5.69 Å². The molecule has 4 rings (SSSR count). The van der Waals surface area contributed by atoms with Crippen molar-refractivity contribution >= 4 is 17.8 Å². The van der Waals surface area contributed by atoms with Gasteiger partial charge in [-0.3, -0.25) is 19.5 Å². The van der Waals surface area contributed by atoms with Crippen LogP contribution in [-0.2, 0) is 22.3 Å². The van der Waals surface area contributed by atoms with Gasteiger partial charge in [-0.05, 0) is 29.7 Å². The number of aromatic nitrogens is 1. The average molecular weight is 502 g/mol. The van der Waals surface area contributed by atoms with Gasteiger partial charge in [0.2, 0.25) is 5.91 Å². The number of halogens is 3. The van der Waals surface area contributed by atoms with E-state index in [9.17, 15) is 27.6 Å². The summed E-state index contributed by atoms with van der Waals surface area (Å²) in [5, 5.41) is 5.33. The molecule has 2 atom stereocenters. The molecule has 0 aliphatic carbocycles. The van der Waals surface area contributed by atoms with Gasteiger partial charge in [-0.15, -0.1) is 0 Å². The molecule has 2 aliphatic rings. The molecule has 36 heavy (non-hydrogen) atoms. The topological polar surface area (TPSA) is 94.6 Å². The van der Waals surface area contributed by atoms with Crippen molar-refractivity contribution in [2.24, 2.45) is 5.92 Å². The third-order valence-corrected chi connectivity index (χ3v) is 6.37. The first-order valence-electron chi connectivity index (χ1n) is 11.4. The van der Waals surface area contributed by atoms with E-state index in [0.717, 1.165) is 6.07 Å². The fraction of sp³-hybridized carbons (Fsp3) is 0.360. The van der Waals surface area contributed by atoms with Crippen molar-refractivity contribution in [3.8, 4) is 0 Å². The third kappa shape index (κ3) is 4.65. The van der Waals surface area contributed by atoms with E-state index in [1.165, 1.54) is 35.0 Å². The van der Waals surface area contributed by atoms with Crippen LogP contribution in [0.25, 0.3) is 0 Å². The molecular weight excluding hydrogens is 475 g/mol. The van der Waals surface area contributed by atoms with Gasteiger partial charge < -0.3 is 15.5 Å². The van der Waals surface area contributed by atoms with Crippen LogP contribution in [0.15, 0.2) is 59.9 Å². The van der Waals surface area contributed by atoms with Crippen LogP contribution in [0.4, 0.5) is 18.0 Å². The predicted molar refractivity (Wildman–Crippen MR) is 124 cm³/mol. The Balaban J connectivity index is 1.66. The van der Waals surface area contributed by atoms with Crippen LogP contribution in [-0.4, -0.2) is 52.3 Å². The fourth-order valence-corrected chi connectivity index (χ4v) is 4.64. The van der Waals surface area contributed by atoms with Crippen LogP contribution in [0.2, 0.25) is 0 Å². The summed E-state index contributed by atoms with van der Waals surface area (Å²) in [6.45, 7) is 3.63. The Morgan fingerprint density at radius 3 is 2.50 bits per heavy atom. The van der Waals surface area contributed by atoms with Crippen LogP contribution < -0.4 is 10.6 Å². The van der Waals surface area contributed by atoms with Gasteiger partial charge in [-0.2, -0.15) is 13.2 Å². The van der Waals surface area contributed by atoms with E-state index in [1.54, 1.807) is 38.2 Å². The van der Waals surface area contributed by atoms with Crippen molar-refractivity contribution in [1.82, 2.24) is 25.4 Å². The molecular formula is C25H26F3N5O3. The molecule has 0 radical (unpaired) electrons. The summed E-state index contributed by atoms with van der Waals surface area (Å²) in [6, 6.07) is 7.29. The Morgan fingerprint density at radius 2 is 1.86 bits per heavy atom. The van der Waals surface area contributed by atoms with E-state index >= 15 is 0 Å². The van der Waals surface area contributed by atoms with Gasteiger partial charge in [0, 0.05) is 13.2 Å². The molecule has 190 valence electrons. The Kier molecular flexibility index (Phi) is 6.75. The Morgan fingerprint density at radius 1 is 1.17 bits per heavy atom. The molecule has 1 aromatic heterocycles. The van der Waals surface area contributed by atoms with E-state index < -0.39 is 41.7 Å². The zero-order valence-corrected chi connectivity index (χ0v) is 20.0. The summed E-state index contributed by atoms with van der Waals surface area (Å²) >= 11 is 0. The number of rotatable bonds is 6. The smallest absolute Gasteiger partial charge is 0.349 e. The number of nitrogens with zero attached hydrogens (tertiary/aromatic N) is 3. The number of likely N-dealkylation sites (N-methyl/N-ethyl adjacent to an activating group) is 1. The number of pyridine rings is 1. The van der Waals surface area contributed by atoms with Crippen molar-refractivity contribution < 1.29 is 27.6 Å². The molecule has 0 saturated heterocycles. The highest BCUT2D eigenvalue weighted by Gasteiger charge is 2.48. The molecule has 0 fully saturated rings. The maximum absolute atomic E-state index is 13.8. The molecule has 2 aromatic rings. The van der Waals surface area contributed by atoms with Gasteiger partial charge in [0.1, 0.15) is 6.04 Å². The van der Waals surface area contributed by atoms with E-state index in [4.69, 9.17) is 0 Å². The molecule has 2 aliphatic heterocycles. The van der Waals surface area contributed by atoms with Gasteiger partial charge in [0.15, 0.2) is 0 Å². The maximum atomic E-state index is 13.8. The van der Waals surface area contributed by atoms with Crippen molar-refractivity contribution in [2.75, 3.05) is 13.6 Å². The molecule has 8 nitrogen and oxygen atoms in total. The van der Waals surface area contributed by atoms with Gasteiger partial charge in [-0.1, -0.05) is 38.1 Å². The number of carbonyl (C=O) groups is 3. The minimum atomic E-state index is -4.68. The lowest BCUT2D eigenvalue weighted by molar-refractivity contribution is -0.139. The van der Waals surface area contributed by atoms with E-state index in [1.807, 2.05) is 0 Å². The van der Waals surface area contributed by atoms with Crippen LogP contribution in [0.3, 0.4) is 0 Å². The molecule has 0 unspecified atom stereocenters. The Labute approximate surface area is 206 Å². The zero-order chi connectivity index (χ0) is 26.2. The normalized spacial score (nSPS) is 18.9. The Bertz CT molecular complexity index is 1210. The number of alkyl halides is 3. The molecule has 3 heterocycles. The molecule has 1 aromatic carbocycles. The largest absolute Gasteiger partial charge is 0.416 e. The summed E-state index contributed by atoms with van der Waals surface area (Å²) in [5.41, 5.74) is -0.232. The third-order valence-electron chi connectivity index (χ3n) is 6.37. The summed E-state index contributed by atoms with van der Waals surface area (Å²) in [4.78, 5) is 46.2. The first-order valence-corrected chi connectivity index (χ1v) is 11.4. The number of urea groups is 1. The van der Waals surface area contributed by atoms with Crippen molar-refractivity contribution in [1.29, 1.82) is 0 Å². The van der Waals surface area contributed by atoms with Crippen LogP contribution in [0.5, 0.6) is 0 Å². The van der Waals surface area contributed by atoms with Gasteiger partial charge >= 0.3 is 12.2 Å². The number of carbonyl (C=O) groups excluding carboxylic acids is 3. The number of amides is 4. The monoisotopic (exact) mass is 501 g/mol. The highest BCUT2D eigenvalue weighted by atomic mass is 19.4. The molecule has 0 bridgehead atoms. The quantitative estimate of drug-likeness (QED) is 0.636. The lowest BCUT2D eigenvalue weighted by Crippen LogP contribution is -2.51. The second-order valence-corrected chi connectivity index (χ2v) is 9.05. The number of hydrogen-bond acceptors (Lipinski definition) is 4. The lowest BCUT2D eigenvalue weighted by atomic mass is 9.91. The number of benzene rings is 1. The SMILES string of the molecule is CC(C)[C@@H](C(=O)NCc1ccccn1)N1CC2=C(C1=O)[C@H](c1ccccc1C(F)(F)F)NC(=O)N2C. The molecule has 0 spiro atoms. The highest BCUT2D eigenvalue weighted by molar-refractivity contribution is 6.03. The summed E-state index contributed by atoms with van der Waals surface area (Å²) in [5.74, 6) is -1.32. The maximum Gasteiger partial charge on any atom is 0.416 e. The molecule has 4 amide bonds. The Hall–Kier alpha value is -3.89. The van der Waals surface area contributed by atoms with Crippen molar-refractivity contribution in [3.05, 3.63) is 76.8 Å². The summed E-state index contributed by atoms with van der Waals surface area (Å²) < 4.78 is 41.3. The minimum Gasteiger partial charge on any atom is -0.349 e. The molecule has 0 saturated carbocycles. The standard InChI is InChI=1S/C25H26F3N5O3/c1-14(2)21(22(34)30-12-15-8-6-7-11-29-15)33-13-18-19(23(33)35)20(31-24(36)32(18)3)16-9-4-5-10-17(16)25(26,27)28/h4-11,14,20-21H,12-13H2,1-3H3,(H,30,34)(H,31,36)/t20-,21-/m0/s1. The predicted octanol–water partition coefficient (Wildman–Crippen LogP) is 3.23. The van der Waals surface area contributed by atoms with E-state index in [2.05, 4.69) is 15.6 Å². The molecule has 11 heteroatoms. The number of nitrogens with one attached hydrogen (secondary N) is 2. The minimum absolute atomic E-state index is 0.0250. The summed E-state index contributed by atoms with van der Waals surface area (Å²) in [6.07, 6.45) is -3.08. The van der Waals surface area contributed by atoms with Crippen LogP contribution >= 0.6 is 0 Å². The average Bonchev–Trinajstić information content (AvgIpc) is 3.17. The highest BCUT2D eigenvalue weighted by Crippen LogP contribution is 2.42. The lowest BCUT2D eigenvalue weighted by Gasteiger charge is -2.32. The first kappa shape index (κ1) is 25.2. The summed E-state index contributed by atoms with van der Waals surface area (Å²) in [7, 11) is 1.44. The van der Waals surface area contributed by atoms with Gasteiger partial charge in [0.25, 0.3) is 5.91 Å². The van der Waals surface area contributed by atoms with Gasteiger partial charge in [-0.25, -0.2) is 4.79 Å². The number of hydrogen-bond donors (Lipinski definition) is 2. The first-order chi connectivity index (χ1) is 17.0. The van der Waals surface area contributed by atoms with Crippen LogP contribution in [0, 0.1) is 5.92 Å². The van der Waals surface area contributed by atoms with E-state index in [-0.39, 0.29) is 35.8 Å². The van der Waals surface area contributed by atoms with Gasteiger partial charge in [0.05, 0.1) is 41.7 Å². The van der Waals surface area contributed by atoms with Crippen molar-refractivity contribution in [2.45, 2.75) is 38.7 Å². The van der Waals surface area contributed by atoms with Crippen LogP contribution in [0.1, 0.15) is 36.7 Å². The fourth-order valence-electron chi connectivity index (χ4n) is 4.64. The second-order valence-electron chi connectivity index (χ2n) is 9.05. The second kappa shape index (κ2) is 9.63. The molecule has 2 N–H and O–H groups in total. The zero-order valence-electron chi connectivity index (χ0n) is 20.0.